The van der Waals surface area contributed by atoms with Gasteiger partial charge in [-0.1, -0.05) is 103 Å². The summed E-state index contributed by atoms with van der Waals surface area (Å²) in [6.07, 6.45) is 23.3. The van der Waals surface area contributed by atoms with Gasteiger partial charge in [-0.2, -0.15) is 4.57 Å². The Bertz CT molecular complexity index is 598. The third kappa shape index (κ3) is 16.7. The second-order valence-corrected chi connectivity index (χ2v) is 8.91. The van der Waals surface area contributed by atoms with Gasteiger partial charge in [0.05, 0.1) is 13.2 Å². The molecule has 0 saturated heterocycles. The summed E-state index contributed by atoms with van der Waals surface area (Å²) in [4.78, 5) is 26.2. The molecule has 6 heteroatoms. The Balaban J connectivity index is 0.0000102. The lowest BCUT2D eigenvalue weighted by Crippen LogP contribution is -3.00. The molecule has 0 aliphatic rings. The van der Waals surface area contributed by atoms with E-state index in [0.717, 1.165) is 19.3 Å². The van der Waals surface area contributed by atoms with Crippen molar-refractivity contribution in [3.8, 4) is 0 Å². The minimum Gasteiger partial charge on any atom is -1.00 e. The molecule has 33 heavy (non-hydrogen) atoms. The fraction of sp³-hybridized carbons (Fsp3) is 0.741. The molecule has 190 valence electrons. The van der Waals surface area contributed by atoms with Crippen LogP contribution < -0.4 is 17.0 Å². The minimum atomic E-state index is -0.263. The van der Waals surface area contributed by atoms with Crippen LogP contribution in [0.15, 0.2) is 30.6 Å². The molecule has 0 radical (unpaired) electrons. The van der Waals surface area contributed by atoms with Gasteiger partial charge in [0, 0.05) is 18.6 Å². The first-order valence-corrected chi connectivity index (χ1v) is 13.1. The summed E-state index contributed by atoms with van der Waals surface area (Å²) < 4.78 is 1.74. The van der Waals surface area contributed by atoms with Gasteiger partial charge in [-0.05, 0) is 6.42 Å². The zero-order valence-corrected chi connectivity index (χ0v) is 21.6. The Morgan fingerprint density at radius 3 is 1.61 bits per heavy atom. The highest BCUT2D eigenvalue weighted by molar-refractivity contribution is 5.94. The fourth-order valence-electron chi connectivity index (χ4n) is 4.05. The van der Waals surface area contributed by atoms with Gasteiger partial charge in [-0.25, -0.2) is 0 Å². The predicted molar refractivity (Wildman–Crippen MR) is 130 cm³/mol. The van der Waals surface area contributed by atoms with Crippen LogP contribution in [0.25, 0.3) is 0 Å². The molecular weight excluding hydrogens is 436 g/mol. The molecule has 0 aliphatic carbocycles. The van der Waals surface area contributed by atoms with Gasteiger partial charge in [-0.15, -0.1) is 0 Å². The molecule has 0 spiro atoms. The molecule has 0 unspecified atom stereocenters. The Morgan fingerprint density at radius 2 is 1.15 bits per heavy atom. The molecule has 0 fully saturated rings. The van der Waals surface area contributed by atoms with E-state index in [4.69, 9.17) is 0 Å². The number of imide groups is 1. The van der Waals surface area contributed by atoms with Crippen molar-refractivity contribution < 1.29 is 31.7 Å². The number of halogens is 1. The molecule has 0 bridgehead atoms. The predicted octanol–water partition coefficient (Wildman–Crippen LogP) is 2.59. The number of pyridine rings is 1. The van der Waals surface area contributed by atoms with Gasteiger partial charge in [0.15, 0.2) is 12.4 Å². The number of rotatable bonds is 20. The summed E-state index contributed by atoms with van der Waals surface area (Å²) in [6.45, 7) is 2.26. The molecular formula is C27H47ClN2O3. The van der Waals surface area contributed by atoms with Gasteiger partial charge in [0.25, 0.3) is 5.91 Å². The fourth-order valence-corrected chi connectivity index (χ4v) is 4.05. The molecule has 5 nitrogen and oxygen atoms in total. The van der Waals surface area contributed by atoms with Gasteiger partial charge in [0.1, 0.15) is 0 Å². The Kier molecular flexibility index (Phi) is 21.3. The Labute approximate surface area is 208 Å². The van der Waals surface area contributed by atoms with Gasteiger partial charge in [0.2, 0.25) is 12.5 Å². The lowest BCUT2D eigenvalue weighted by Gasteiger charge is -2.18. The number of amides is 2. The number of nitrogens with zero attached hydrogens (tertiary/aromatic N) is 2. The average molecular weight is 483 g/mol. The highest BCUT2D eigenvalue weighted by atomic mass is 35.5. The van der Waals surface area contributed by atoms with E-state index in [1.54, 1.807) is 17.0 Å². The van der Waals surface area contributed by atoms with Crippen molar-refractivity contribution in [3.63, 3.8) is 0 Å². The van der Waals surface area contributed by atoms with Crippen molar-refractivity contribution in [2.75, 3.05) is 13.2 Å². The maximum Gasteiger partial charge on any atom is 0.295 e. The molecule has 1 aromatic rings. The Morgan fingerprint density at radius 1 is 0.697 bits per heavy atom. The summed E-state index contributed by atoms with van der Waals surface area (Å²) in [5.74, 6) is -0.434. The topological polar surface area (TPSA) is 61.5 Å². The maximum absolute atomic E-state index is 12.5. The van der Waals surface area contributed by atoms with E-state index < -0.39 is 0 Å². The standard InChI is InChI=1S/C27H47N2O3.ClH/c1-2-3-4-5-6-7-8-9-10-11-12-13-14-15-17-20-26(31)29(23-24-30)27(32)25-28-21-18-16-19-22-28;/h16,18-19,21-22,30H,2-15,17,20,23-25H2,1H3;1H/q+1;/p-1. The number of aliphatic hydroxyl groups excluding tert-OH is 1. The lowest BCUT2D eigenvalue weighted by molar-refractivity contribution is -0.685. The highest BCUT2D eigenvalue weighted by Gasteiger charge is 2.23. The number of aromatic nitrogens is 1. The molecule has 1 rings (SSSR count). The van der Waals surface area contributed by atoms with Crippen LogP contribution in [-0.4, -0.2) is 35.0 Å². The molecule has 1 N–H and O–H groups in total. The van der Waals surface area contributed by atoms with Crippen LogP contribution in [-0.2, 0) is 16.1 Å². The molecule has 2 amide bonds. The van der Waals surface area contributed by atoms with Crippen molar-refractivity contribution in [1.29, 1.82) is 0 Å². The van der Waals surface area contributed by atoms with E-state index in [0.29, 0.717) is 6.42 Å². The summed E-state index contributed by atoms with van der Waals surface area (Å²) in [7, 11) is 0. The monoisotopic (exact) mass is 482 g/mol. The maximum atomic E-state index is 12.5. The number of carbonyl (C=O) groups is 2. The third-order valence-electron chi connectivity index (χ3n) is 6.02. The normalized spacial score (nSPS) is 10.6. The van der Waals surface area contributed by atoms with Gasteiger partial charge < -0.3 is 17.5 Å². The zero-order valence-electron chi connectivity index (χ0n) is 20.9. The smallest absolute Gasteiger partial charge is 0.295 e. The van der Waals surface area contributed by atoms with Crippen LogP contribution in [0.1, 0.15) is 110 Å². The third-order valence-corrected chi connectivity index (χ3v) is 6.02. The van der Waals surface area contributed by atoms with E-state index >= 15 is 0 Å². The number of aliphatic hydroxyl groups is 1. The molecule has 0 aliphatic heterocycles. The number of hydrogen-bond donors (Lipinski definition) is 1. The van der Waals surface area contributed by atoms with Crippen LogP contribution in [0.5, 0.6) is 0 Å². The Hall–Kier alpha value is -1.46. The highest BCUT2D eigenvalue weighted by Crippen LogP contribution is 2.14. The zero-order chi connectivity index (χ0) is 23.3. The first-order valence-electron chi connectivity index (χ1n) is 13.1. The minimum absolute atomic E-state index is 0. The van der Waals surface area contributed by atoms with E-state index in [1.165, 1.54) is 81.9 Å². The van der Waals surface area contributed by atoms with Crippen molar-refractivity contribution in [3.05, 3.63) is 30.6 Å². The lowest BCUT2D eigenvalue weighted by atomic mass is 10.0. The van der Waals surface area contributed by atoms with Crippen molar-refractivity contribution in [1.82, 2.24) is 4.90 Å². The van der Waals surface area contributed by atoms with Crippen LogP contribution in [0.4, 0.5) is 0 Å². The van der Waals surface area contributed by atoms with E-state index in [1.807, 2.05) is 18.2 Å². The molecule has 1 heterocycles. The van der Waals surface area contributed by atoms with Crippen molar-refractivity contribution >= 4 is 11.8 Å². The number of carbonyl (C=O) groups excluding carboxylic acids is 2. The SMILES string of the molecule is CCCCCCCCCCCCCCCCCC(=O)N(CCO)C(=O)C[n+]1ccccc1.[Cl-]. The van der Waals surface area contributed by atoms with Crippen molar-refractivity contribution in [2.45, 2.75) is 116 Å². The average Bonchev–Trinajstić information content (AvgIpc) is 2.80. The van der Waals surface area contributed by atoms with Crippen LogP contribution in [0.2, 0.25) is 0 Å². The van der Waals surface area contributed by atoms with Crippen molar-refractivity contribution in [2.24, 2.45) is 0 Å². The first-order chi connectivity index (χ1) is 15.7. The van der Waals surface area contributed by atoms with Crippen LogP contribution >= 0.6 is 0 Å². The second kappa shape index (κ2) is 22.3. The molecule has 0 aromatic carbocycles. The number of unbranched alkanes of at least 4 members (excludes halogenated alkanes) is 14. The largest absolute Gasteiger partial charge is 1.00 e. The molecule has 0 atom stereocenters. The van der Waals surface area contributed by atoms with E-state index in [-0.39, 0.29) is 43.9 Å². The molecule has 0 saturated carbocycles. The first kappa shape index (κ1) is 31.5. The quantitative estimate of drug-likeness (QED) is 0.229. The summed E-state index contributed by atoms with van der Waals surface area (Å²) in [5, 5.41) is 9.25. The van der Waals surface area contributed by atoms with Crippen LogP contribution in [0.3, 0.4) is 0 Å². The summed E-state index contributed by atoms with van der Waals surface area (Å²) in [6, 6.07) is 5.58. The number of hydrogen-bond acceptors (Lipinski definition) is 3. The summed E-state index contributed by atoms with van der Waals surface area (Å²) in [5.41, 5.74) is 0. The van der Waals surface area contributed by atoms with Crippen LogP contribution in [0, 0.1) is 0 Å². The van der Waals surface area contributed by atoms with E-state index in [2.05, 4.69) is 6.92 Å². The summed E-state index contributed by atoms with van der Waals surface area (Å²) >= 11 is 0. The van der Waals surface area contributed by atoms with Gasteiger partial charge >= 0.3 is 0 Å². The van der Waals surface area contributed by atoms with Gasteiger partial charge in [-0.3, -0.25) is 14.5 Å². The van der Waals surface area contributed by atoms with E-state index in [9.17, 15) is 14.7 Å². The molecule has 1 aromatic heterocycles. The second-order valence-electron chi connectivity index (χ2n) is 8.91.